The molecule has 0 aliphatic rings. The van der Waals surface area contributed by atoms with Gasteiger partial charge in [-0.05, 0) is 30.2 Å². The van der Waals surface area contributed by atoms with Crippen LogP contribution in [0.3, 0.4) is 0 Å². The van der Waals surface area contributed by atoms with Crippen molar-refractivity contribution < 1.29 is 9.47 Å². The molecule has 0 saturated carbocycles. The van der Waals surface area contributed by atoms with Gasteiger partial charge in [0.1, 0.15) is 0 Å². The Balaban J connectivity index is 0.00000116. The molecule has 0 radical (unpaired) electrons. The Morgan fingerprint density at radius 3 is 2.32 bits per heavy atom. The summed E-state index contributed by atoms with van der Waals surface area (Å²) in [6, 6.07) is 16.3. The average Bonchev–Trinajstić information content (AvgIpc) is 2.59. The fourth-order valence-electron chi connectivity index (χ4n) is 2.02. The first-order valence-electron chi connectivity index (χ1n) is 7.81. The van der Waals surface area contributed by atoms with Crippen molar-refractivity contribution in [3.8, 4) is 11.5 Å². The van der Waals surface area contributed by atoms with Crippen molar-refractivity contribution >= 4 is 6.08 Å². The number of hydrogen-bond acceptors (Lipinski definition) is 2. The molecule has 0 bridgehead atoms. The Labute approximate surface area is 134 Å². The summed E-state index contributed by atoms with van der Waals surface area (Å²) < 4.78 is 11.2. The number of rotatable bonds is 6. The molecule has 0 amide bonds. The van der Waals surface area contributed by atoms with Gasteiger partial charge in [-0.15, -0.1) is 0 Å². The number of allylic oxidation sites excluding steroid dienone is 1. The van der Waals surface area contributed by atoms with Crippen molar-refractivity contribution in [1.29, 1.82) is 0 Å². The Morgan fingerprint density at radius 2 is 1.68 bits per heavy atom. The van der Waals surface area contributed by atoms with Crippen LogP contribution in [0.5, 0.6) is 11.5 Å². The van der Waals surface area contributed by atoms with E-state index >= 15 is 0 Å². The van der Waals surface area contributed by atoms with E-state index in [4.69, 9.17) is 9.47 Å². The van der Waals surface area contributed by atoms with E-state index in [0.29, 0.717) is 6.61 Å². The molecule has 2 heteroatoms. The Morgan fingerprint density at radius 1 is 0.955 bits per heavy atom. The van der Waals surface area contributed by atoms with E-state index in [1.807, 2.05) is 69.3 Å². The summed E-state index contributed by atoms with van der Waals surface area (Å²) in [6.45, 7) is 6.64. The molecule has 0 aromatic heterocycles. The van der Waals surface area contributed by atoms with Crippen LogP contribution in [0.1, 0.15) is 31.9 Å². The molecule has 0 unspecified atom stereocenters. The van der Waals surface area contributed by atoms with Crippen molar-refractivity contribution in [3.63, 3.8) is 0 Å². The summed E-state index contributed by atoms with van der Waals surface area (Å²) in [4.78, 5) is 0. The van der Waals surface area contributed by atoms with E-state index in [1.54, 1.807) is 7.11 Å². The number of ether oxygens (including phenoxy) is 2. The SMILES string of the molecule is C/C=C\c1ccc(OCCc2ccccc2)c(OC)c1.CC. The zero-order valence-corrected chi connectivity index (χ0v) is 14.0. The first kappa shape index (κ1) is 17.8. The van der Waals surface area contributed by atoms with Gasteiger partial charge in [0.05, 0.1) is 13.7 Å². The molecule has 0 N–H and O–H groups in total. The third-order valence-electron chi connectivity index (χ3n) is 3.04. The van der Waals surface area contributed by atoms with Crippen molar-refractivity contribution in [1.82, 2.24) is 0 Å². The summed E-state index contributed by atoms with van der Waals surface area (Å²) in [5, 5.41) is 0. The molecule has 2 aromatic rings. The molecule has 0 spiro atoms. The molecule has 22 heavy (non-hydrogen) atoms. The van der Waals surface area contributed by atoms with E-state index in [2.05, 4.69) is 12.1 Å². The molecule has 0 fully saturated rings. The van der Waals surface area contributed by atoms with Crippen LogP contribution >= 0.6 is 0 Å². The second kappa shape index (κ2) is 10.5. The van der Waals surface area contributed by atoms with Gasteiger partial charge in [0.2, 0.25) is 0 Å². The maximum atomic E-state index is 5.82. The van der Waals surface area contributed by atoms with E-state index in [-0.39, 0.29) is 0 Å². The minimum atomic E-state index is 0.642. The molecule has 0 aliphatic carbocycles. The summed E-state index contributed by atoms with van der Waals surface area (Å²) in [5.41, 5.74) is 2.39. The lowest BCUT2D eigenvalue weighted by Gasteiger charge is -2.11. The van der Waals surface area contributed by atoms with Gasteiger partial charge in [0, 0.05) is 6.42 Å². The highest BCUT2D eigenvalue weighted by atomic mass is 16.5. The Hall–Kier alpha value is -2.22. The largest absolute Gasteiger partial charge is 0.493 e. The van der Waals surface area contributed by atoms with Crippen molar-refractivity contribution in [2.75, 3.05) is 13.7 Å². The van der Waals surface area contributed by atoms with Gasteiger partial charge >= 0.3 is 0 Å². The third-order valence-corrected chi connectivity index (χ3v) is 3.04. The standard InChI is InChI=1S/C18H20O2.C2H6/c1-3-7-16-10-11-17(18(14-16)19-2)20-13-12-15-8-5-4-6-9-15;1-2/h3-11,14H,12-13H2,1-2H3;1-2H3/b7-3-;. The van der Waals surface area contributed by atoms with Crippen LogP contribution in [-0.4, -0.2) is 13.7 Å². The van der Waals surface area contributed by atoms with E-state index in [1.165, 1.54) is 5.56 Å². The summed E-state index contributed by atoms with van der Waals surface area (Å²) in [7, 11) is 1.67. The first-order valence-corrected chi connectivity index (χ1v) is 7.81. The number of methoxy groups -OCH3 is 1. The summed E-state index contributed by atoms with van der Waals surface area (Å²) in [5.74, 6) is 1.56. The summed E-state index contributed by atoms with van der Waals surface area (Å²) in [6.07, 6.45) is 4.93. The van der Waals surface area contributed by atoms with Gasteiger partial charge in [-0.2, -0.15) is 0 Å². The van der Waals surface area contributed by atoms with E-state index < -0.39 is 0 Å². The van der Waals surface area contributed by atoms with Crippen LogP contribution in [0, 0.1) is 0 Å². The third kappa shape index (κ3) is 5.65. The molecule has 0 saturated heterocycles. The molecule has 2 aromatic carbocycles. The van der Waals surface area contributed by atoms with E-state index in [0.717, 1.165) is 23.5 Å². The van der Waals surface area contributed by atoms with Crippen LogP contribution in [0.15, 0.2) is 54.6 Å². The van der Waals surface area contributed by atoms with Crippen LogP contribution in [0.25, 0.3) is 6.08 Å². The highest BCUT2D eigenvalue weighted by Gasteiger charge is 2.04. The van der Waals surface area contributed by atoms with Crippen molar-refractivity contribution in [3.05, 3.63) is 65.7 Å². The highest BCUT2D eigenvalue weighted by Crippen LogP contribution is 2.28. The fourth-order valence-corrected chi connectivity index (χ4v) is 2.02. The molecular formula is C20H26O2. The van der Waals surface area contributed by atoms with E-state index in [9.17, 15) is 0 Å². The molecule has 0 aliphatic heterocycles. The quantitative estimate of drug-likeness (QED) is 0.713. The van der Waals surface area contributed by atoms with Crippen LogP contribution in [0.4, 0.5) is 0 Å². The zero-order valence-electron chi connectivity index (χ0n) is 14.0. The fraction of sp³-hybridized carbons (Fsp3) is 0.300. The number of benzene rings is 2. The summed E-state index contributed by atoms with van der Waals surface area (Å²) >= 11 is 0. The normalized spacial score (nSPS) is 10.0. The Kier molecular flexibility index (Phi) is 8.51. The molecule has 0 heterocycles. The second-order valence-corrected chi connectivity index (χ2v) is 4.49. The Bertz CT molecular complexity index is 559. The molecule has 118 valence electrons. The van der Waals surface area contributed by atoms with Crippen molar-refractivity contribution in [2.45, 2.75) is 27.2 Å². The van der Waals surface area contributed by atoms with Crippen LogP contribution in [0.2, 0.25) is 0 Å². The molecule has 2 rings (SSSR count). The number of hydrogen-bond donors (Lipinski definition) is 0. The van der Waals surface area contributed by atoms with Gasteiger partial charge in [0.15, 0.2) is 11.5 Å². The molecule has 0 atom stereocenters. The first-order chi connectivity index (χ1) is 10.8. The van der Waals surface area contributed by atoms with Crippen LogP contribution in [-0.2, 0) is 6.42 Å². The minimum absolute atomic E-state index is 0.642. The maximum absolute atomic E-state index is 5.82. The molecular weight excluding hydrogens is 272 g/mol. The van der Waals surface area contributed by atoms with Gasteiger partial charge in [0.25, 0.3) is 0 Å². The van der Waals surface area contributed by atoms with Gasteiger partial charge in [-0.1, -0.05) is 62.4 Å². The smallest absolute Gasteiger partial charge is 0.161 e. The van der Waals surface area contributed by atoms with Crippen LogP contribution < -0.4 is 9.47 Å². The predicted octanol–water partition coefficient (Wildman–Crippen LogP) is 5.38. The topological polar surface area (TPSA) is 18.5 Å². The molecule has 2 nitrogen and oxygen atoms in total. The maximum Gasteiger partial charge on any atom is 0.161 e. The highest BCUT2D eigenvalue weighted by molar-refractivity contribution is 5.55. The van der Waals surface area contributed by atoms with Gasteiger partial charge in [-0.3, -0.25) is 0 Å². The van der Waals surface area contributed by atoms with Gasteiger partial charge < -0.3 is 9.47 Å². The monoisotopic (exact) mass is 298 g/mol. The lowest BCUT2D eigenvalue weighted by molar-refractivity contribution is 0.297. The zero-order chi connectivity index (χ0) is 16.2. The predicted molar refractivity (Wildman–Crippen MR) is 94.7 cm³/mol. The van der Waals surface area contributed by atoms with Crippen molar-refractivity contribution in [2.24, 2.45) is 0 Å². The lowest BCUT2D eigenvalue weighted by Crippen LogP contribution is -2.02. The lowest BCUT2D eigenvalue weighted by atomic mass is 10.1. The second-order valence-electron chi connectivity index (χ2n) is 4.49. The average molecular weight is 298 g/mol. The minimum Gasteiger partial charge on any atom is -0.493 e. The van der Waals surface area contributed by atoms with Gasteiger partial charge in [-0.25, -0.2) is 0 Å².